The molecule has 0 N–H and O–H groups in total. The minimum atomic E-state index is -0.586. The molecule has 1 fully saturated rings. The standard InChI is InChI=1S/C21H31O5S/c1-15(2)21(25-16(3)4)26-20(23)13-24-18-9-7-17(8-10-18)19(22)14-27-11-5-6-12-27/h7-10,15-16,21H,5-6,11-14H2,1-4H3/q+1. The van der Waals surface area contributed by atoms with Crippen LogP contribution in [0, 0.1) is 5.92 Å². The van der Waals surface area contributed by atoms with Crippen LogP contribution in [0.2, 0.25) is 0 Å². The van der Waals surface area contributed by atoms with Crippen LogP contribution in [-0.4, -0.2) is 48.0 Å². The highest BCUT2D eigenvalue weighted by Gasteiger charge is 2.27. The third-order valence-electron chi connectivity index (χ3n) is 4.18. The van der Waals surface area contributed by atoms with E-state index >= 15 is 0 Å². The van der Waals surface area contributed by atoms with E-state index in [-0.39, 0.29) is 35.3 Å². The number of carbonyl (C=O) groups excluding carboxylic acids is 2. The number of ketones is 1. The smallest absolute Gasteiger partial charge is 0.346 e. The molecule has 150 valence electrons. The number of hydrogen-bond donors (Lipinski definition) is 0. The molecule has 2 rings (SSSR count). The Morgan fingerprint density at radius 2 is 1.67 bits per heavy atom. The van der Waals surface area contributed by atoms with Gasteiger partial charge >= 0.3 is 5.97 Å². The Kier molecular flexibility index (Phi) is 8.64. The first-order valence-corrected chi connectivity index (χ1v) is 11.3. The van der Waals surface area contributed by atoms with Gasteiger partial charge in [-0.3, -0.25) is 4.79 Å². The second kappa shape index (κ2) is 10.7. The monoisotopic (exact) mass is 395 g/mol. The number of hydrogen-bond acceptors (Lipinski definition) is 5. The van der Waals surface area contributed by atoms with E-state index in [0.29, 0.717) is 17.1 Å². The molecule has 6 heteroatoms. The largest absolute Gasteiger partial charge is 0.482 e. The van der Waals surface area contributed by atoms with Crippen LogP contribution >= 0.6 is 0 Å². The van der Waals surface area contributed by atoms with Gasteiger partial charge in [-0.2, -0.15) is 0 Å². The van der Waals surface area contributed by atoms with Crippen molar-refractivity contribution in [3.63, 3.8) is 0 Å². The second-order valence-corrected chi connectivity index (χ2v) is 9.73. The molecule has 1 unspecified atom stereocenters. The summed E-state index contributed by atoms with van der Waals surface area (Å²) in [7, 11) is 0.259. The zero-order chi connectivity index (χ0) is 19.8. The third-order valence-corrected chi connectivity index (χ3v) is 6.58. The Labute approximate surface area is 165 Å². The lowest BCUT2D eigenvalue weighted by Gasteiger charge is -2.23. The maximum absolute atomic E-state index is 12.3. The summed E-state index contributed by atoms with van der Waals surface area (Å²) in [4.78, 5) is 24.3. The van der Waals surface area contributed by atoms with Gasteiger partial charge in [0.1, 0.15) is 17.3 Å². The Balaban J connectivity index is 1.79. The highest BCUT2D eigenvalue weighted by Crippen LogP contribution is 2.18. The molecule has 0 bridgehead atoms. The van der Waals surface area contributed by atoms with Crippen LogP contribution in [0.5, 0.6) is 5.75 Å². The topological polar surface area (TPSA) is 61.8 Å². The predicted octanol–water partition coefficient (Wildman–Crippen LogP) is 3.61. The molecule has 1 saturated heterocycles. The average molecular weight is 396 g/mol. The molecule has 0 amide bonds. The van der Waals surface area contributed by atoms with Crippen molar-refractivity contribution in [2.75, 3.05) is 23.9 Å². The summed E-state index contributed by atoms with van der Waals surface area (Å²) >= 11 is 0. The maximum Gasteiger partial charge on any atom is 0.346 e. The molecule has 1 aliphatic heterocycles. The Hall–Kier alpha value is -1.53. The fourth-order valence-corrected chi connectivity index (χ4v) is 5.01. The first-order chi connectivity index (χ1) is 12.8. The van der Waals surface area contributed by atoms with Gasteiger partial charge in [-0.1, -0.05) is 13.8 Å². The summed E-state index contributed by atoms with van der Waals surface area (Å²) in [6.45, 7) is 7.47. The van der Waals surface area contributed by atoms with Crippen LogP contribution < -0.4 is 4.74 Å². The van der Waals surface area contributed by atoms with Gasteiger partial charge in [0.2, 0.25) is 12.1 Å². The van der Waals surface area contributed by atoms with E-state index in [4.69, 9.17) is 14.2 Å². The van der Waals surface area contributed by atoms with Crippen molar-refractivity contribution in [3.05, 3.63) is 29.8 Å². The number of carbonyl (C=O) groups is 2. The number of ether oxygens (including phenoxy) is 3. The molecule has 0 radical (unpaired) electrons. The normalized spacial score (nSPS) is 15.9. The van der Waals surface area contributed by atoms with Crippen LogP contribution in [0.1, 0.15) is 50.9 Å². The molecule has 5 nitrogen and oxygen atoms in total. The fraction of sp³-hybridized carbons (Fsp3) is 0.619. The van der Waals surface area contributed by atoms with E-state index in [1.54, 1.807) is 24.3 Å². The van der Waals surface area contributed by atoms with Gasteiger partial charge in [0, 0.05) is 11.5 Å². The molecule has 27 heavy (non-hydrogen) atoms. The number of Topliss-reactive ketones (excluding diaryl/α,β-unsaturated/α-hetero) is 1. The van der Waals surface area contributed by atoms with Crippen LogP contribution in [0.4, 0.5) is 0 Å². The molecule has 0 spiro atoms. The molecule has 1 atom stereocenters. The van der Waals surface area contributed by atoms with Crippen molar-refractivity contribution < 1.29 is 23.8 Å². The number of benzene rings is 1. The summed E-state index contributed by atoms with van der Waals surface area (Å²) in [5.74, 6) is 3.34. The highest BCUT2D eigenvalue weighted by atomic mass is 32.2. The highest BCUT2D eigenvalue weighted by molar-refractivity contribution is 7.97. The predicted molar refractivity (Wildman–Crippen MR) is 108 cm³/mol. The van der Waals surface area contributed by atoms with E-state index in [1.165, 1.54) is 24.3 Å². The molecule has 1 aromatic rings. The van der Waals surface area contributed by atoms with E-state index in [1.807, 2.05) is 27.7 Å². The number of esters is 1. The van der Waals surface area contributed by atoms with Crippen molar-refractivity contribution >= 4 is 22.6 Å². The minimum absolute atomic E-state index is 0.0268. The zero-order valence-corrected chi connectivity index (χ0v) is 17.6. The van der Waals surface area contributed by atoms with E-state index in [0.717, 1.165) is 0 Å². The average Bonchev–Trinajstić information content (AvgIpc) is 3.12. The molecule has 1 aromatic carbocycles. The molecule has 0 aromatic heterocycles. The quantitative estimate of drug-likeness (QED) is 0.262. The third kappa shape index (κ3) is 7.54. The SMILES string of the molecule is CC(C)OC(OC(=O)COc1ccc(C(=O)C[S+]2CCCC2)cc1)C(C)C. The van der Waals surface area contributed by atoms with E-state index in [2.05, 4.69) is 0 Å². The van der Waals surface area contributed by atoms with Gasteiger partial charge in [0.25, 0.3) is 0 Å². The Morgan fingerprint density at radius 3 is 2.22 bits per heavy atom. The summed E-state index contributed by atoms with van der Waals surface area (Å²) in [6.07, 6.45) is 1.89. The molecule has 1 aliphatic rings. The van der Waals surface area contributed by atoms with Crippen molar-refractivity contribution in [3.8, 4) is 5.75 Å². The first kappa shape index (κ1) is 21.8. The Morgan fingerprint density at radius 1 is 1.04 bits per heavy atom. The lowest BCUT2D eigenvalue weighted by Crippen LogP contribution is -2.31. The summed E-state index contributed by atoms with van der Waals surface area (Å²) < 4.78 is 16.4. The molecule has 0 aliphatic carbocycles. The minimum Gasteiger partial charge on any atom is -0.482 e. The van der Waals surface area contributed by atoms with Gasteiger partial charge in [-0.05, 0) is 61.8 Å². The van der Waals surface area contributed by atoms with Gasteiger partial charge in [0.15, 0.2) is 12.4 Å². The molecule has 1 heterocycles. The summed E-state index contributed by atoms with van der Waals surface area (Å²) in [6, 6.07) is 6.98. The second-order valence-electron chi connectivity index (χ2n) is 7.40. The van der Waals surface area contributed by atoms with Crippen molar-refractivity contribution in [1.82, 2.24) is 0 Å². The van der Waals surface area contributed by atoms with Crippen LogP contribution in [-0.2, 0) is 25.2 Å². The molecular weight excluding hydrogens is 364 g/mol. The van der Waals surface area contributed by atoms with Crippen LogP contribution in [0.25, 0.3) is 0 Å². The van der Waals surface area contributed by atoms with Crippen molar-refractivity contribution in [2.24, 2.45) is 5.92 Å². The first-order valence-electron chi connectivity index (χ1n) is 9.60. The Bertz CT molecular complexity index is 606. The molecule has 0 saturated carbocycles. The van der Waals surface area contributed by atoms with Crippen molar-refractivity contribution in [1.29, 1.82) is 0 Å². The fourth-order valence-electron chi connectivity index (χ4n) is 2.76. The lowest BCUT2D eigenvalue weighted by atomic mass is 10.1. The van der Waals surface area contributed by atoms with Gasteiger partial charge in [0.05, 0.1) is 6.10 Å². The zero-order valence-electron chi connectivity index (χ0n) is 16.7. The maximum atomic E-state index is 12.3. The van der Waals surface area contributed by atoms with Gasteiger partial charge in [-0.25, -0.2) is 4.79 Å². The van der Waals surface area contributed by atoms with E-state index < -0.39 is 12.3 Å². The van der Waals surface area contributed by atoms with Crippen LogP contribution in [0.15, 0.2) is 24.3 Å². The van der Waals surface area contributed by atoms with Crippen LogP contribution in [0.3, 0.4) is 0 Å². The summed E-state index contributed by atoms with van der Waals surface area (Å²) in [5.41, 5.74) is 0.703. The lowest BCUT2D eigenvalue weighted by molar-refractivity contribution is -0.199. The van der Waals surface area contributed by atoms with Gasteiger partial charge in [-0.15, -0.1) is 0 Å². The number of rotatable bonds is 10. The van der Waals surface area contributed by atoms with Crippen molar-refractivity contribution in [2.45, 2.75) is 52.9 Å². The van der Waals surface area contributed by atoms with E-state index in [9.17, 15) is 9.59 Å². The van der Waals surface area contributed by atoms with Gasteiger partial charge < -0.3 is 14.2 Å². The molecular formula is C21H31O5S+. The summed E-state index contributed by atoms with van der Waals surface area (Å²) in [5, 5.41) is 0.